The maximum absolute atomic E-state index is 12.8. The van der Waals surface area contributed by atoms with Crippen LogP contribution < -0.4 is 5.32 Å². The molecule has 1 N–H and O–H groups in total. The van der Waals surface area contributed by atoms with Gasteiger partial charge in [0, 0.05) is 12.6 Å². The first-order valence-electron chi connectivity index (χ1n) is 4.74. The summed E-state index contributed by atoms with van der Waals surface area (Å²) in [6, 6.07) is 5.13. The second kappa shape index (κ2) is 4.91. The fourth-order valence-corrected chi connectivity index (χ4v) is 1.21. The third kappa shape index (κ3) is 2.96. The summed E-state index contributed by atoms with van der Waals surface area (Å²) in [5.74, 6) is -0.178. The minimum atomic E-state index is -0.178. The van der Waals surface area contributed by atoms with Crippen molar-refractivity contribution in [3.8, 4) is 0 Å². The van der Waals surface area contributed by atoms with Crippen LogP contribution in [0, 0.1) is 12.7 Å². The van der Waals surface area contributed by atoms with Crippen LogP contribution in [0.4, 0.5) is 4.39 Å². The summed E-state index contributed by atoms with van der Waals surface area (Å²) < 4.78 is 12.8. The fourth-order valence-electron chi connectivity index (χ4n) is 1.21. The van der Waals surface area contributed by atoms with E-state index >= 15 is 0 Å². The van der Waals surface area contributed by atoms with E-state index in [9.17, 15) is 4.39 Å². The molecule has 0 saturated carbocycles. The lowest BCUT2D eigenvalue weighted by atomic mass is 10.1. The van der Waals surface area contributed by atoms with Gasteiger partial charge in [0.15, 0.2) is 0 Å². The van der Waals surface area contributed by atoms with Gasteiger partial charge < -0.3 is 5.32 Å². The first kappa shape index (κ1) is 10.9. The highest BCUT2D eigenvalue weighted by atomic mass is 19.1. The molecule has 0 fully saturated rings. The number of rotatable bonds is 4. The number of hydrogen-bond donors (Lipinski definition) is 1. The zero-order chi connectivity index (χ0) is 10.6. The van der Waals surface area contributed by atoms with Gasteiger partial charge in [-0.1, -0.05) is 12.1 Å². The standard InChI is InChI=1S/C12H16FN/c1-4-10(3)14-8-11-5-6-12(13)7-9(11)2/h4-7,10,14H,1,8H2,2-3H3. The summed E-state index contributed by atoms with van der Waals surface area (Å²) in [6.07, 6.45) is 1.85. The van der Waals surface area contributed by atoms with Crippen molar-refractivity contribution in [2.45, 2.75) is 26.4 Å². The third-order valence-corrected chi connectivity index (χ3v) is 2.27. The molecule has 1 rings (SSSR count). The van der Waals surface area contributed by atoms with Gasteiger partial charge in [-0.15, -0.1) is 6.58 Å². The monoisotopic (exact) mass is 193 g/mol. The predicted molar refractivity (Wildman–Crippen MR) is 57.6 cm³/mol. The maximum Gasteiger partial charge on any atom is 0.123 e. The molecule has 2 heteroatoms. The van der Waals surface area contributed by atoms with Crippen molar-refractivity contribution in [1.82, 2.24) is 5.32 Å². The Bertz CT molecular complexity index is 320. The molecule has 0 saturated heterocycles. The van der Waals surface area contributed by atoms with Gasteiger partial charge in [-0.3, -0.25) is 0 Å². The van der Waals surface area contributed by atoms with Gasteiger partial charge in [0.1, 0.15) is 5.82 Å². The van der Waals surface area contributed by atoms with E-state index in [0.717, 1.165) is 17.7 Å². The molecule has 0 bridgehead atoms. The number of aryl methyl sites for hydroxylation is 1. The summed E-state index contributed by atoms with van der Waals surface area (Å²) in [5, 5.41) is 3.27. The lowest BCUT2D eigenvalue weighted by Gasteiger charge is -2.10. The lowest BCUT2D eigenvalue weighted by Crippen LogP contribution is -2.23. The van der Waals surface area contributed by atoms with E-state index in [-0.39, 0.29) is 11.9 Å². The average molecular weight is 193 g/mol. The minimum Gasteiger partial charge on any atom is -0.307 e. The molecule has 0 aliphatic rings. The van der Waals surface area contributed by atoms with Crippen LogP contribution >= 0.6 is 0 Å². The molecule has 0 heterocycles. The van der Waals surface area contributed by atoms with Crippen LogP contribution in [0.3, 0.4) is 0 Å². The molecule has 0 radical (unpaired) electrons. The summed E-state index contributed by atoms with van der Waals surface area (Å²) in [5.41, 5.74) is 2.11. The van der Waals surface area contributed by atoms with Crippen molar-refractivity contribution in [3.63, 3.8) is 0 Å². The zero-order valence-electron chi connectivity index (χ0n) is 8.68. The van der Waals surface area contributed by atoms with E-state index in [0.29, 0.717) is 0 Å². The number of benzene rings is 1. The molecule has 1 aromatic carbocycles. The largest absolute Gasteiger partial charge is 0.307 e. The van der Waals surface area contributed by atoms with Crippen molar-refractivity contribution < 1.29 is 4.39 Å². The molecule has 1 unspecified atom stereocenters. The zero-order valence-corrected chi connectivity index (χ0v) is 8.68. The van der Waals surface area contributed by atoms with Gasteiger partial charge >= 0.3 is 0 Å². The minimum absolute atomic E-state index is 0.178. The first-order valence-corrected chi connectivity index (χ1v) is 4.74. The number of halogens is 1. The summed E-state index contributed by atoms with van der Waals surface area (Å²) in [6.45, 7) is 8.39. The molecule has 0 amide bonds. The molecule has 1 nitrogen and oxygen atoms in total. The van der Waals surface area contributed by atoms with Crippen molar-refractivity contribution in [1.29, 1.82) is 0 Å². The maximum atomic E-state index is 12.8. The first-order chi connectivity index (χ1) is 6.63. The number of hydrogen-bond acceptors (Lipinski definition) is 1. The predicted octanol–water partition coefficient (Wildman–Crippen LogP) is 2.80. The summed E-state index contributed by atoms with van der Waals surface area (Å²) in [7, 11) is 0. The van der Waals surface area contributed by atoms with E-state index in [2.05, 4.69) is 11.9 Å². The van der Waals surface area contributed by atoms with Crippen molar-refractivity contribution in [2.75, 3.05) is 0 Å². The van der Waals surface area contributed by atoms with Gasteiger partial charge in [0.05, 0.1) is 0 Å². The third-order valence-electron chi connectivity index (χ3n) is 2.27. The van der Waals surface area contributed by atoms with Crippen LogP contribution in [-0.2, 0) is 6.54 Å². The van der Waals surface area contributed by atoms with E-state index in [1.54, 1.807) is 6.07 Å². The second-order valence-electron chi connectivity index (χ2n) is 3.48. The highest BCUT2D eigenvalue weighted by Crippen LogP contribution is 2.09. The highest BCUT2D eigenvalue weighted by molar-refractivity contribution is 5.26. The van der Waals surface area contributed by atoms with E-state index in [4.69, 9.17) is 0 Å². The van der Waals surface area contributed by atoms with Crippen LogP contribution in [-0.4, -0.2) is 6.04 Å². The Hall–Kier alpha value is -1.15. The molecular formula is C12H16FN. The van der Waals surface area contributed by atoms with Crippen LogP contribution in [0.15, 0.2) is 30.9 Å². The Kier molecular flexibility index (Phi) is 3.84. The van der Waals surface area contributed by atoms with Crippen molar-refractivity contribution >= 4 is 0 Å². The Morgan fingerprint density at radius 3 is 2.86 bits per heavy atom. The molecule has 0 aromatic heterocycles. The van der Waals surface area contributed by atoms with Gasteiger partial charge in [-0.05, 0) is 37.1 Å². The molecular weight excluding hydrogens is 177 g/mol. The van der Waals surface area contributed by atoms with E-state index < -0.39 is 0 Å². The Morgan fingerprint density at radius 2 is 2.29 bits per heavy atom. The molecule has 1 atom stereocenters. The van der Waals surface area contributed by atoms with Gasteiger partial charge in [-0.2, -0.15) is 0 Å². The van der Waals surface area contributed by atoms with E-state index in [1.165, 1.54) is 6.07 Å². The van der Waals surface area contributed by atoms with Gasteiger partial charge in [0.2, 0.25) is 0 Å². The van der Waals surface area contributed by atoms with Crippen molar-refractivity contribution in [2.24, 2.45) is 0 Å². The normalized spacial score (nSPS) is 12.5. The molecule has 76 valence electrons. The van der Waals surface area contributed by atoms with Gasteiger partial charge in [-0.25, -0.2) is 4.39 Å². The number of nitrogens with one attached hydrogen (secondary N) is 1. The average Bonchev–Trinajstić information content (AvgIpc) is 2.16. The summed E-state index contributed by atoms with van der Waals surface area (Å²) in [4.78, 5) is 0. The van der Waals surface area contributed by atoms with Crippen LogP contribution in [0.1, 0.15) is 18.1 Å². The van der Waals surface area contributed by atoms with Gasteiger partial charge in [0.25, 0.3) is 0 Å². The van der Waals surface area contributed by atoms with Crippen molar-refractivity contribution in [3.05, 3.63) is 47.8 Å². The topological polar surface area (TPSA) is 12.0 Å². The smallest absolute Gasteiger partial charge is 0.123 e. The fraction of sp³-hybridized carbons (Fsp3) is 0.333. The Morgan fingerprint density at radius 1 is 1.57 bits per heavy atom. The Balaban J connectivity index is 2.63. The molecule has 1 aromatic rings. The highest BCUT2D eigenvalue weighted by Gasteiger charge is 2.00. The second-order valence-corrected chi connectivity index (χ2v) is 3.48. The molecule has 0 aliphatic carbocycles. The van der Waals surface area contributed by atoms with Crippen LogP contribution in [0.5, 0.6) is 0 Å². The van der Waals surface area contributed by atoms with Crippen LogP contribution in [0.25, 0.3) is 0 Å². The summed E-state index contributed by atoms with van der Waals surface area (Å²) >= 11 is 0. The Labute approximate surface area is 84.6 Å². The SMILES string of the molecule is C=CC(C)NCc1ccc(F)cc1C. The molecule has 0 spiro atoms. The van der Waals surface area contributed by atoms with E-state index in [1.807, 2.05) is 26.0 Å². The quantitative estimate of drug-likeness (QED) is 0.725. The lowest BCUT2D eigenvalue weighted by molar-refractivity contribution is 0.615. The molecule has 14 heavy (non-hydrogen) atoms. The molecule has 0 aliphatic heterocycles. The van der Waals surface area contributed by atoms with Crippen LogP contribution in [0.2, 0.25) is 0 Å².